The van der Waals surface area contributed by atoms with Crippen LogP contribution in [0.3, 0.4) is 0 Å². The van der Waals surface area contributed by atoms with E-state index in [4.69, 9.17) is 4.43 Å². The van der Waals surface area contributed by atoms with Crippen molar-refractivity contribution >= 4 is 24.5 Å². The van der Waals surface area contributed by atoms with E-state index in [9.17, 15) is 9.90 Å². The van der Waals surface area contributed by atoms with Crippen LogP contribution in [0.4, 0.5) is 0 Å². The van der Waals surface area contributed by atoms with Crippen molar-refractivity contribution in [3.63, 3.8) is 0 Å². The first kappa shape index (κ1) is 22.7. The predicted molar refractivity (Wildman–Crippen MR) is 132 cm³/mol. The number of hydrogen-bond donors (Lipinski definition) is 1. The topological polar surface area (TPSA) is 46.5 Å². The molecule has 0 bridgehead atoms. The zero-order valence-corrected chi connectivity index (χ0v) is 20.2. The Balaban J connectivity index is 1.80. The van der Waals surface area contributed by atoms with Crippen LogP contribution < -0.4 is 10.4 Å². The number of benzene rings is 3. The number of hydrogen-bond acceptors (Lipinski definition) is 3. The minimum atomic E-state index is -2.78. The first-order valence-corrected chi connectivity index (χ1v) is 13.2. The smallest absolute Gasteiger partial charge is 0.261 e. The molecule has 0 saturated heterocycles. The van der Waals surface area contributed by atoms with E-state index in [1.165, 1.54) is 10.4 Å². The Labute approximate surface area is 192 Å². The third-order valence-electron chi connectivity index (χ3n) is 6.90. The summed E-state index contributed by atoms with van der Waals surface area (Å²) in [5, 5.41) is 12.7. The van der Waals surface area contributed by atoms with Crippen LogP contribution in [0, 0.1) is 5.41 Å². The largest absolute Gasteiger partial charge is 0.406 e. The SMILES string of the molecule is CC(C)(C)[Si](OC[C@@]1(CO)CCc2ccccc2C1=O)(c1ccccc1)c1ccccc1. The van der Waals surface area contributed by atoms with Crippen molar-refractivity contribution < 1.29 is 14.3 Å². The lowest BCUT2D eigenvalue weighted by Crippen LogP contribution is -2.67. The molecular formula is C28H32O3Si. The van der Waals surface area contributed by atoms with E-state index < -0.39 is 13.7 Å². The Hall–Kier alpha value is -2.53. The summed E-state index contributed by atoms with van der Waals surface area (Å²) in [4.78, 5) is 13.6. The van der Waals surface area contributed by atoms with Crippen LogP contribution in [0.1, 0.15) is 43.1 Å². The van der Waals surface area contributed by atoms with Crippen LogP contribution in [-0.4, -0.2) is 32.4 Å². The van der Waals surface area contributed by atoms with Crippen molar-refractivity contribution in [1.29, 1.82) is 0 Å². The molecule has 0 unspecified atom stereocenters. The Morgan fingerprint density at radius 3 is 1.94 bits per heavy atom. The van der Waals surface area contributed by atoms with Gasteiger partial charge < -0.3 is 9.53 Å². The monoisotopic (exact) mass is 444 g/mol. The maximum Gasteiger partial charge on any atom is 0.261 e. The second-order valence-electron chi connectivity index (χ2n) is 9.88. The molecule has 1 aliphatic carbocycles. The molecule has 32 heavy (non-hydrogen) atoms. The molecule has 0 radical (unpaired) electrons. The normalized spacial score (nSPS) is 18.9. The zero-order valence-electron chi connectivity index (χ0n) is 19.2. The molecule has 0 heterocycles. The molecule has 0 aromatic heterocycles. The standard InChI is InChI=1S/C28H32O3Si/c1-27(2,3)32(23-13-6-4-7-14-23,24-15-8-5-9-16-24)31-21-28(20-29)19-18-22-12-10-11-17-25(22)26(28)30/h4-17,29H,18-21H2,1-3H3/t28-/m0/s1. The summed E-state index contributed by atoms with van der Waals surface area (Å²) in [6.07, 6.45) is 1.37. The average molecular weight is 445 g/mol. The fourth-order valence-electron chi connectivity index (χ4n) is 5.08. The van der Waals surface area contributed by atoms with E-state index in [0.717, 1.165) is 17.5 Å². The summed E-state index contributed by atoms with van der Waals surface area (Å²) in [5.41, 5.74) is 0.868. The van der Waals surface area contributed by atoms with Crippen molar-refractivity contribution in [2.45, 2.75) is 38.7 Å². The molecule has 166 valence electrons. The van der Waals surface area contributed by atoms with E-state index in [1.807, 2.05) is 36.4 Å². The quantitative estimate of drug-likeness (QED) is 0.574. The lowest BCUT2D eigenvalue weighted by molar-refractivity contribution is 0.0378. The van der Waals surface area contributed by atoms with Gasteiger partial charge in [0.05, 0.1) is 12.0 Å². The van der Waals surface area contributed by atoms with Crippen molar-refractivity contribution in [3.8, 4) is 0 Å². The summed E-state index contributed by atoms with van der Waals surface area (Å²) in [6, 6.07) is 28.6. The molecule has 0 amide bonds. The third-order valence-corrected chi connectivity index (χ3v) is 11.9. The van der Waals surface area contributed by atoms with Crippen LogP contribution in [0.5, 0.6) is 0 Å². The molecular weight excluding hydrogens is 412 g/mol. The molecule has 3 aromatic carbocycles. The Morgan fingerprint density at radius 2 is 1.41 bits per heavy atom. The number of Topliss-reactive ketones (excluding diaryl/α,β-unsaturated/α-hetero) is 1. The Bertz CT molecular complexity index is 1030. The molecule has 1 atom stereocenters. The second-order valence-corrected chi connectivity index (χ2v) is 14.2. The number of carbonyl (C=O) groups is 1. The molecule has 0 fully saturated rings. The van der Waals surface area contributed by atoms with Gasteiger partial charge in [0.15, 0.2) is 5.78 Å². The second kappa shape index (κ2) is 8.78. The van der Waals surface area contributed by atoms with E-state index >= 15 is 0 Å². The molecule has 3 nitrogen and oxygen atoms in total. The predicted octanol–water partition coefficient (Wildman–Crippen LogP) is 4.37. The van der Waals surface area contributed by atoms with Crippen LogP contribution in [0.15, 0.2) is 84.9 Å². The summed E-state index contributed by atoms with van der Waals surface area (Å²) < 4.78 is 7.04. The fraction of sp³-hybridized carbons (Fsp3) is 0.321. The highest BCUT2D eigenvalue weighted by Crippen LogP contribution is 2.41. The van der Waals surface area contributed by atoms with Crippen LogP contribution >= 0.6 is 0 Å². The lowest BCUT2D eigenvalue weighted by Gasteiger charge is -2.46. The Kier molecular flexibility index (Phi) is 6.21. The summed E-state index contributed by atoms with van der Waals surface area (Å²) in [7, 11) is -2.78. The third kappa shape index (κ3) is 3.77. The van der Waals surface area contributed by atoms with Gasteiger partial charge in [0.25, 0.3) is 8.32 Å². The van der Waals surface area contributed by atoms with Crippen LogP contribution in [0.2, 0.25) is 5.04 Å². The maximum atomic E-state index is 13.6. The van der Waals surface area contributed by atoms with E-state index in [2.05, 4.69) is 69.3 Å². The van der Waals surface area contributed by atoms with Crippen molar-refractivity contribution in [3.05, 3.63) is 96.1 Å². The van der Waals surface area contributed by atoms with Crippen molar-refractivity contribution in [2.24, 2.45) is 5.41 Å². The van der Waals surface area contributed by atoms with Crippen LogP contribution in [-0.2, 0) is 10.8 Å². The number of ketones is 1. The summed E-state index contributed by atoms with van der Waals surface area (Å²) in [5.74, 6) is -0.000201. The van der Waals surface area contributed by atoms with Gasteiger partial charge in [0.1, 0.15) is 0 Å². The van der Waals surface area contributed by atoms with Gasteiger partial charge in [-0.15, -0.1) is 0 Å². The van der Waals surface area contributed by atoms with Gasteiger partial charge in [-0.2, -0.15) is 0 Å². The number of aliphatic hydroxyl groups excluding tert-OH is 1. The number of fused-ring (bicyclic) bond motifs is 1. The van der Waals surface area contributed by atoms with Gasteiger partial charge in [-0.05, 0) is 33.8 Å². The van der Waals surface area contributed by atoms with E-state index in [1.54, 1.807) is 0 Å². The molecule has 0 spiro atoms. The van der Waals surface area contributed by atoms with Crippen molar-refractivity contribution in [2.75, 3.05) is 13.2 Å². The lowest BCUT2D eigenvalue weighted by atomic mass is 9.71. The molecule has 0 saturated carbocycles. The number of aryl methyl sites for hydroxylation is 1. The number of carbonyl (C=O) groups excluding carboxylic acids is 1. The number of rotatable bonds is 6. The average Bonchev–Trinajstić information content (AvgIpc) is 2.82. The van der Waals surface area contributed by atoms with Gasteiger partial charge in [-0.3, -0.25) is 4.79 Å². The number of aliphatic hydroxyl groups is 1. The Morgan fingerprint density at radius 1 is 0.875 bits per heavy atom. The van der Waals surface area contributed by atoms with Gasteiger partial charge in [-0.1, -0.05) is 106 Å². The van der Waals surface area contributed by atoms with Gasteiger partial charge in [0, 0.05) is 12.2 Å². The summed E-state index contributed by atoms with van der Waals surface area (Å²) >= 11 is 0. The fourth-order valence-corrected chi connectivity index (χ4v) is 9.72. The first-order valence-electron chi connectivity index (χ1n) is 11.3. The molecule has 1 aliphatic rings. The van der Waals surface area contributed by atoms with Gasteiger partial charge in [0.2, 0.25) is 0 Å². The van der Waals surface area contributed by atoms with E-state index in [-0.39, 0.29) is 24.0 Å². The van der Waals surface area contributed by atoms with Crippen LogP contribution in [0.25, 0.3) is 0 Å². The maximum absolute atomic E-state index is 13.6. The zero-order chi connectivity index (χ0) is 22.8. The van der Waals surface area contributed by atoms with Gasteiger partial charge in [-0.25, -0.2) is 0 Å². The highest BCUT2D eigenvalue weighted by Gasteiger charge is 2.52. The van der Waals surface area contributed by atoms with Gasteiger partial charge >= 0.3 is 0 Å². The van der Waals surface area contributed by atoms with Crippen molar-refractivity contribution in [1.82, 2.24) is 0 Å². The molecule has 4 rings (SSSR count). The minimum Gasteiger partial charge on any atom is -0.406 e. The van der Waals surface area contributed by atoms with E-state index in [0.29, 0.717) is 6.42 Å². The highest BCUT2D eigenvalue weighted by atomic mass is 28.4. The highest BCUT2D eigenvalue weighted by molar-refractivity contribution is 6.99. The molecule has 0 aliphatic heterocycles. The molecule has 1 N–H and O–H groups in total. The first-order chi connectivity index (χ1) is 15.3. The molecule has 3 aromatic rings. The molecule has 4 heteroatoms. The summed E-state index contributed by atoms with van der Waals surface area (Å²) in [6.45, 7) is 6.68. The minimum absolute atomic E-state index is 0.000201.